The first-order valence-electron chi connectivity index (χ1n) is 37.5. The van der Waals surface area contributed by atoms with Crippen LogP contribution in [0.4, 0.5) is 0 Å². The predicted molar refractivity (Wildman–Crippen MR) is 369 cm³/mol. The molecule has 1 amide bonds. The summed E-state index contributed by atoms with van der Waals surface area (Å²) < 4.78 is 11.3. The first-order chi connectivity index (χ1) is 42.3. The number of ether oxygens (including phenoxy) is 2. The highest BCUT2D eigenvalue weighted by molar-refractivity contribution is 5.76. The van der Waals surface area contributed by atoms with E-state index in [1.807, 2.05) is 6.08 Å². The van der Waals surface area contributed by atoms with Gasteiger partial charge in [0.15, 0.2) is 6.29 Å². The van der Waals surface area contributed by atoms with Gasteiger partial charge >= 0.3 is 0 Å². The highest BCUT2D eigenvalue weighted by atomic mass is 16.7. The van der Waals surface area contributed by atoms with E-state index in [1.54, 1.807) is 6.08 Å². The standard InChI is InChI=1S/C77H143NO8/c1-3-5-7-9-11-13-15-17-19-21-23-25-27-29-31-33-35-36-37-39-41-43-45-47-49-51-53-55-57-59-61-63-65-67-73(81)78-70(69-85-77-76(84)75(83)74(82)72(68-79)86-77)71(80)66-64-62-60-58-56-54-52-50-48-46-44-42-40-38-34-32-30-28-26-24-22-20-18-16-14-12-10-8-6-4-2/h5,7,11,13,17,19,23,25,64,66,70-72,74-77,79-80,82-84H,3-4,6,8-10,12,14-16,18,20-22,24,26-63,65,67-69H2,1-2H3,(H,78,81)/b7-5-,13-11-,19-17-,25-23-,66-64+. The van der Waals surface area contributed by atoms with E-state index in [9.17, 15) is 30.3 Å². The summed E-state index contributed by atoms with van der Waals surface area (Å²) in [5.74, 6) is -0.170. The van der Waals surface area contributed by atoms with Crippen LogP contribution >= 0.6 is 0 Å². The second-order valence-electron chi connectivity index (χ2n) is 26.1. The largest absolute Gasteiger partial charge is 0.394 e. The van der Waals surface area contributed by atoms with Crippen molar-refractivity contribution in [3.8, 4) is 0 Å². The molecule has 0 saturated carbocycles. The van der Waals surface area contributed by atoms with Crippen LogP contribution in [0.25, 0.3) is 0 Å². The van der Waals surface area contributed by atoms with Gasteiger partial charge < -0.3 is 40.3 Å². The lowest BCUT2D eigenvalue weighted by Crippen LogP contribution is -2.60. The fourth-order valence-corrected chi connectivity index (χ4v) is 12.0. The number of nitrogens with one attached hydrogen (secondary N) is 1. The Hall–Kier alpha value is -2.11. The lowest BCUT2D eigenvalue weighted by molar-refractivity contribution is -0.302. The van der Waals surface area contributed by atoms with Crippen molar-refractivity contribution in [1.82, 2.24) is 5.32 Å². The maximum atomic E-state index is 13.2. The smallest absolute Gasteiger partial charge is 0.220 e. The SMILES string of the molecule is CC/C=C\C/C=C\C/C=C\C/C=C\CCCCCCCCCCCCCCCCCCCCCCC(=O)NC(COC1OC(CO)C(O)C(O)C1O)C(O)/C=C/CCCCCCCCCCCCCCCCCCCCCCCCCCCCCC. The summed E-state index contributed by atoms with van der Waals surface area (Å²) in [4.78, 5) is 13.2. The van der Waals surface area contributed by atoms with E-state index in [0.29, 0.717) is 6.42 Å². The summed E-state index contributed by atoms with van der Waals surface area (Å²) in [6.07, 6.45) is 84.9. The molecular weight excluding hydrogens is 1070 g/mol. The van der Waals surface area contributed by atoms with Gasteiger partial charge in [0, 0.05) is 6.42 Å². The molecule has 86 heavy (non-hydrogen) atoms. The van der Waals surface area contributed by atoms with Crippen molar-refractivity contribution in [2.75, 3.05) is 13.2 Å². The molecule has 0 aromatic rings. The zero-order chi connectivity index (χ0) is 62.1. The van der Waals surface area contributed by atoms with Gasteiger partial charge in [-0.15, -0.1) is 0 Å². The Morgan fingerprint density at radius 1 is 0.407 bits per heavy atom. The number of hydrogen-bond acceptors (Lipinski definition) is 8. The van der Waals surface area contributed by atoms with Gasteiger partial charge in [0.1, 0.15) is 24.4 Å². The van der Waals surface area contributed by atoms with Crippen LogP contribution in [0.5, 0.6) is 0 Å². The molecule has 9 nitrogen and oxygen atoms in total. The molecule has 504 valence electrons. The first kappa shape index (κ1) is 81.9. The fraction of sp³-hybridized carbons (Fsp3) is 0.857. The van der Waals surface area contributed by atoms with Crippen molar-refractivity contribution in [3.05, 3.63) is 60.8 Å². The molecule has 1 saturated heterocycles. The van der Waals surface area contributed by atoms with Crippen molar-refractivity contribution in [1.29, 1.82) is 0 Å². The Morgan fingerprint density at radius 2 is 0.721 bits per heavy atom. The predicted octanol–water partition coefficient (Wildman–Crippen LogP) is 20.9. The summed E-state index contributed by atoms with van der Waals surface area (Å²) >= 11 is 0. The minimum Gasteiger partial charge on any atom is -0.394 e. The average molecular weight is 1210 g/mol. The average Bonchev–Trinajstić information content (AvgIpc) is 2.60. The molecule has 0 aromatic carbocycles. The highest BCUT2D eigenvalue weighted by Gasteiger charge is 2.44. The number of aliphatic hydroxyl groups excluding tert-OH is 5. The first-order valence-corrected chi connectivity index (χ1v) is 37.5. The minimum absolute atomic E-state index is 0.170. The Labute approximate surface area is 532 Å². The third-order valence-electron chi connectivity index (χ3n) is 17.8. The Morgan fingerprint density at radius 3 is 1.07 bits per heavy atom. The summed E-state index contributed by atoms with van der Waals surface area (Å²) in [6.45, 7) is 3.72. The molecule has 1 aliphatic rings. The third kappa shape index (κ3) is 53.7. The third-order valence-corrected chi connectivity index (χ3v) is 17.8. The maximum absolute atomic E-state index is 13.2. The molecule has 7 unspecified atom stereocenters. The second-order valence-corrected chi connectivity index (χ2v) is 26.1. The van der Waals surface area contributed by atoms with Gasteiger partial charge in [-0.2, -0.15) is 0 Å². The molecule has 1 rings (SSSR count). The summed E-state index contributed by atoms with van der Waals surface area (Å²) in [6, 6.07) is -0.807. The van der Waals surface area contributed by atoms with Crippen LogP contribution in [0.1, 0.15) is 367 Å². The molecular formula is C77H143NO8. The van der Waals surface area contributed by atoms with E-state index in [-0.39, 0.29) is 12.5 Å². The molecule has 1 aliphatic heterocycles. The van der Waals surface area contributed by atoms with Crippen LogP contribution in [0.3, 0.4) is 0 Å². The molecule has 0 aliphatic carbocycles. The minimum atomic E-state index is -1.57. The van der Waals surface area contributed by atoms with Gasteiger partial charge in [-0.05, 0) is 57.8 Å². The number of amides is 1. The number of carbonyl (C=O) groups excluding carboxylic acids is 1. The van der Waals surface area contributed by atoms with Gasteiger partial charge in [0.2, 0.25) is 5.91 Å². The van der Waals surface area contributed by atoms with E-state index in [0.717, 1.165) is 64.2 Å². The van der Waals surface area contributed by atoms with Gasteiger partial charge in [-0.25, -0.2) is 0 Å². The molecule has 0 spiro atoms. The van der Waals surface area contributed by atoms with Crippen LogP contribution in [0.2, 0.25) is 0 Å². The molecule has 0 radical (unpaired) electrons. The maximum Gasteiger partial charge on any atom is 0.220 e. The van der Waals surface area contributed by atoms with E-state index in [2.05, 4.69) is 67.8 Å². The monoisotopic (exact) mass is 1210 g/mol. The zero-order valence-corrected chi connectivity index (χ0v) is 56.6. The molecule has 1 heterocycles. The van der Waals surface area contributed by atoms with Crippen molar-refractivity contribution in [2.45, 2.75) is 410 Å². The normalized spacial score (nSPS) is 18.3. The quantitative estimate of drug-likeness (QED) is 0.0261. The van der Waals surface area contributed by atoms with Crippen LogP contribution in [-0.4, -0.2) is 87.5 Å². The molecule has 9 heteroatoms. The molecule has 1 fully saturated rings. The molecule has 0 aromatic heterocycles. The van der Waals surface area contributed by atoms with Crippen LogP contribution in [0.15, 0.2) is 60.8 Å². The lowest BCUT2D eigenvalue weighted by Gasteiger charge is -2.40. The Balaban J connectivity index is 2.09. The molecule has 6 N–H and O–H groups in total. The number of allylic oxidation sites excluding steroid dienone is 9. The number of unbranched alkanes of at least 4 members (excludes halogenated alkanes) is 48. The van der Waals surface area contributed by atoms with Crippen molar-refractivity contribution in [3.63, 3.8) is 0 Å². The van der Waals surface area contributed by atoms with Gasteiger partial charge in [0.25, 0.3) is 0 Å². The van der Waals surface area contributed by atoms with Crippen molar-refractivity contribution >= 4 is 5.91 Å². The number of carbonyl (C=O) groups is 1. The Kier molecular flexibility index (Phi) is 62.7. The summed E-state index contributed by atoms with van der Waals surface area (Å²) in [5.41, 5.74) is 0. The number of hydrogen-bond donors (Lipinski definition) is 6. The topological polar surface area (TPSA) is 149 Å². The second kappa shape index (κ2) is 65.8. The highest BCUT2D eigenvalue weighted by Crippen LogP contribution is 2.24. The summed E-state index contributed by atoms with van der Waals surface area (Å²) in [7, 11) is 0. The number of rotatable bonds is 66. The van der Waals surface area contributed by atoms with Crippen LogP contribution < -0.4 is 5.32 Å². The van der Waals surface area contributed by atoms with Crippen LogP contribution in [-0.2, 0) is 14.3 Å². The van der Waals surface area contributed by atoms with E-state index in [1.165, 1.54) is 283 Å². The zero-order valence-electron chi connectivity index (χ0n) is 56.6. The number of aliphatic hydroxyl groups is 5. The summed E-state index contributed by atoms with van der Waals surface area (Å²) in [5, 5.41) is 54.9. The van der Waals surface area contributed by atoms with E-state index in [4.69, 9.17) is 9.47 Å². The van der Waals surface area contributed by atoms with E-state index < -0.39 is 49.5 Å². The molecule has 7 atom stereocenters. The van der Waals surface area contributed by atoms with Crippen molar-refractivity contribution < 1.29 is 39.8 Å². The van der Waals surface area contributed by atoms with Gasteiger partial charge in [0.05, 0.1) is 25.4 Å². The van der Waals surface area contributed by atoms with Gasteiger partial charge in [-0.1, -0.05) is 364 Å². The fourth-order valence-electron chi connectivity index (χ4n) is 12.0. The van der Waals surface area contributed by atoms with Crippen molar-refractivity contribution in [2.24, 2.45) is 0 Å². The van der Waals surface area contributed by atoms with E-state index >= 15 is 0 Å². The molecule has 0 bridgehead atoms. The lowest BCUT2D eigenvalue weighted by atomic mass is 9.99. The van der Waals surface area contributed by atoms with Gasteiger partial charge in [-0.3, -0.25) is 4.79 Å². The van der Waals surface area contributed by atoms with Crippen LogP contribution in [0, 0.1) is 0 Å². The Bertz CT molecular complexity index is 1540.